The smallest absolute Gasteiger partial charge is 0.243 e. The fourth-order valence-electron chi connectivity index (χ4n) is 4.70. The van der Waals surface area contributed by atoms with Crippen LogP contribution in [0, 0.1) is 0 Å². The van der Waals surface area contributed by atoms with Crippen LogP contribution < -0.4 is 33.6 Å². The fraction of sp³-hybridized carbons (Fsp3) is 0.286. The number of H-pyrrole nitrogens is 2. The van der Waals surface area contributed by atoms with Crippen molar-refractivity contribution < 1.29 is 14.4 Å². The number of carbonyl (C=O) groups excluding carboxylic acids is 3. The highest BCUT2D eigenvalue weighted by molar-refractivity contribution is 5.94. The summed E-state index contributed by atoms with van der Waals surface area (Å²) in [6.45, 7) is 0.262. The van der Waals surface area contributed by atoms with Crippen LogP contribution in [0.15, 0.2) is 65.9 Å². The Kier molecular flexibility index (Phi) is 9.02. The summed E-state index contributed by atoms with van der Waals surface area (Å²) < 4.78 is 0. The number of nitrogens with one attached hydrogen (secondary N) is 4. The van der Waals surface area contributed by atoms with E-state index < -0.39 is 35.8 Å². The second-order valence-corrected chi connectivity index (χ2v) is 9.71. The molecule has 0 unspecified atom stereocenters. The second kappa shape index (κ2) is 12.8. The van der Waals surface area contributed by atoms with Crippen molar-refractivity contribution in [3.8, 4) is 0 Å². The van der Waals surface area contributed by atoms with Gasteiger partial charge in [-0.15, -0.1) is 0 Å². The van der Waals surface area contributed by atoms with Crippen LogP contribution in [-0.4, -0.2) is 58.3 Å². The number of rotatable bonds is 13. The molecule has 12 heteroatoms. The zero-order chi connectivity index (χ0) is 28.6. The third-order valence-corrected chi connectivity index (χ3v) is 6.79. The predicted octanol–water partition coefficient (Wildman–Crippen LogP) is 0.270. The zero-order valence-electron chi connectivity index (χ0n) is 22.0. The molecule has 40 heavy (non-hydrogen) atoms. The highest BCUT2D eigenvalue weighted by Gasteiger charge is 2.28. The molecule has 0 radical (unpaired) electrons. The maximum absolute atomic E-state index is 13.4. The standard InChI is InChI=1S/C28H35N9O3/c29-20(12-16-14-34-21-8-3-1-6-18(16)21)26(39)36-23(10-5-11-33-28(31)32)27(40)37-24(25(30)38)13-17-15-35-22-9-4-2-7-19(17)22/h1-4,6-9,14-15,20,23-24,34-35H,5,10-13,29H2,(H2,30,38)(H,36,39)(H,37,40)(H4,31,32,33)/t20-,23-,24-/m0/s1. The van der Waals surface area contributed by atoms with Gasteiger partial charge in [-0.3, -0.25) is 19.4 Å². The zero-order valence-corrected chi connectivity index (χ0v) is 22.0. The molecule has 12 N–H and O–H groups in total. The number of nitrogens with two attached hydrogens (primary N) is 4. The maximum atomic E-state index is 13.4. The fourth-order valence-corrected chi connectivity index (χ4v) is 4.70. The van der Waals surface area contributed by atoms with Crippen LogP contribution in [-0.2, 0) is 27.2 Å². The molecule has 0 aliphatic heterocycles. The molecular weight excluding hydrogens is 510 g/mol. The van der Waals surface area contributed by atoms with E-state index in [0.717, 1.165) is 32.9 Å². The number of hydrogen-bond donors (Lipinski definition) is 8. The van der Waals surface area contributed by atoms with E-state index in [0.29, 0.717) is 6.42 Å². The number of para-hydroxylation sites is 2. The maximum Gasteiger partial charge on any atom is 0.243 e. The van der Waals surface area contributed by atoms with E-state index in [2.05, 4.69) is 25.6 Å². The molecule has 0 saturated carbocycles. The molecule has 210 valence electrons. The van der Waals surface area contributed by atoms with Crippen LogP contribution in [0.3, 0.4) is 0 Å². The third-order valence-electron chi connectivity index (χ3n) is 6.79. The molecule has 0 aliphatic rings. The van der Waals surface area contributed by atoms with Crippen molar-refractivity contribution in [2.24, 2.45) is 27.9 Å². The molecule has 4 aromatic rings. The lowest BCUT2D eigenvalue weighted by molar-refractivity contribution is -0.131. The van der Waals surface area contributed by atoms with Gasteiger partial charge < -0.3 is 43.5 Å². The Balaban J connectivity index is 1.45. The first kappa shape index (κ1) is 28.2. The Morgan fingerprint density at radius 1 is 0.775 bits per heavy atom. The summed E-state index contributed by atoms with van der Waals surface area (Å²) in [5.74, 6) is -1.82. The van der Waals surface area contributed by atoms with Crippen molar-refractivity contribution in [1.29, 1.82) is 0 Å². The molecule has 2 aromatic heterocycles. The summed E-state index contributed by atoms with van der Waals surface area (Å²) in [5, 5.41) is 7.35. The van der Waals surface area contributed by atoms with Crippen molar-refractivity contribution in [2.45, 2.75) is 43.8 Å². The van der Waals surface area contributed by atoms with Crippen LogP contribution >= 0.6 is 0 Å². The van der Waals surface area contributed by atoms with Crippen LogP contribution in [0.2, 0.25) is 0 Å². The van der Waals surface area contributed by atoms with E-state index in [4.69, 9.17) is 22.9 Å². The Labute approximate surface area is 230 Å². The van der Waals surface area contributed by atoms with Gasteiger partial charge in [-0.25, -0.2) is 0 Å². The van der Waals surface area contributed by atoms with E-state index in [9.17, 15) is 14.4 Å². The van der Waals surface area contributed by atoms with Crippen LogP contribution in [0.4, 0.5) is 0 Å². The number of carbonyl (C=O) groups is 3. The summed E-state index contributed by atoms with van der Waals surface area (Å²) in [6.07, 6.45) is 4.66. The monoisotopic (exact) mass is 545 g/mol. The minimum Gasteiger partial charge on any atom is -0.370 e. The number of aliphatic imine (C=N–C) groups is 1. The summed E-state index contributed by atoms with van der Waals surface area (Å²) in [7, 11) is 0. The Morgan fingerprint density at radius 2 is 1.32 bits per heavy atom. The summed E-state index contributed by atoms with van der Waals surface area (Å²) in [6, 6.07) is 12.4. The molecular formula is C28H35N9O3. The minimum absolute atomic E-state index is 0.0710. The normalized spacial score (nSPS) is 13.4. The number of fused-ring (bicyclic) bond motifs is 2. The van der Waals surface area contributed by atoms with Crippen molar-refractivity contribution >= 4 is 45.5 Å². The Hall–Kier alpha value is -4.84. The van der Waals surface area contributed by atoms with Gasteiger partial charge in [-0.2, -0.15) is 0 Å². The van der Waals surface area contributed by atoms with Gasteiger partial charge in [0.15, 0.2) is 5.96 Å². The largest absolute Gasteiger partial charge is 0.370 e. The molecule has 0 spiro atoms. The SMILES string of the molecule is NC(=O)[C@H](Cc1c[nH]c2ccccc12)NC(=O)[C@H](CCCN=C(N)N)NC(=O)[C@@H](N)Cc1c[nH]c2ccccc12. The molecule has 2 heterocycles. The highest BCUT2D eigenvalue weighted by atomic mass is 16.2. The van der Waals surface area contributed by atoms with Crippen molar-refractivity contribution in [3.63, 3.8) is 0 Å². The van der Waals surface area contributed by atoms with E-state index in [-0.39, 0.29) is 31.8 Å². The van der Waals surface area contributed by atoms with Gasteiger partial charge in [0.1, 0.15) is 12.1 Å². The average molecular weight is 546 g/mol. The first-order valence-corrected chi connectivity index (χ1v) is 13.0. The summed E-state index contributed by atoms with van der Waals surface area (Å²) >= 11 is 0. The van der Waals surface area contributed by atoms with E-state index in [1.54, 1.807) is 6.20 Å². The number of primary amides is 1. The number of nitrogens with zero attached hydrogens (tertiary/aromatic N) is 1. The predicted molar refractivity (Wildman–Crippen MR) is 155 cm³/mol. The van der Waals surface area contributed by atoms with Crippen molar-refractivity contribution in [3.05, 3.63) is 72.1 Å². The number of amides is 3. The topological polar surface area (TPSA) is 223 Å². The van der Waals surface area contributed by atoms with Crippen LogP contribution in [0.25, 0.3) is 21.8 Å². The minimum atomic E-state index is -0.997. The number of guanidine groups is 1. The Bertz CT molecular complexity index is 1520. The molecule has 0 bridgehead atoms. The molecule has 3 atom stereocenters. The number of benzene rings is 2. The van der Waals surface area contributed by atoms with E-state index >= 15 is 0 Å². The molecule has 12 nitrogen and oxygen atoms in total. The molecule has 0 aliphatic carbocycles. The summed E-state index contributed by atoms with van der Waals surface area (Å²) in [4.78, 5) is 49.0. The van der Waals surface area contributed by atoms with Crippen LogP contribution in [0.5, 0.6) is 0 Å². The number of aromatic amines is 2. The number of hydrogen-bond acceptors (Lipinski definition) is 5. The van der Waals surface area contributed by atoms with Gasteiger partial charge in [0.25, 0.3) is 0 Å². The van der Waals surface area contributed by atoms with Gasteiger partial charge >= 0.3 is 0 Å². The van der Waals surface area contributed by atoms with Crippen molar-refractivity contribution in [1.82, 2.24) is 20.6 Å². The lowest BCUT2D eigenvalue weighted by atomic mass is 10.0. The van der Waals surface area contributed by atoms with Crippen LogP contribution in [0.1, 0.15) is 24.0 Å². The first-order chi connectivity index (χ1) is 19.2. The van der Waals surface area contributed by atoms with Gasteiger partial charge in [-0.05, 0) is 42.5 Å². The molecule has 2 aromatic carbocycles. The average Bonchev–Trinajstić information content (AvgIpc) is 3.53. The van der Waals surface area contributed by atoms with Gasteiger partial charge in [0.2, 0.25) is 17.7 Å². The Morgan fingerprint density at radius 3 is 1.90 bits per heavy atom. The lowest BCUT2D eigenvalue weighted by Gasteiger charge is -2.23. The van der Waals surface area contributed by atoms with Gasteiger partial charge in [0.05, 0.1) is 6.04 Å². The second-order valence-electron chi connectivity index (χ2n) is 9.71. The third kappa shape index (κ3) is 6.97. The van der Waals surface area contributed by atoms with E-state index in [1.165, 1.54) is 0 Å². The number of aromatic nitrogens is 2. The lowest BCUT2D eigenvalue weighted by Crippen LogP contribution is -2.56. The van der Waals surface area contributed by atoms with Crippen molar-refractivity contribution in [2.75, 3.05) is 6.54 Å². The van der Waals surface area contributed by atoms with Gasteiger partial charge in [0, 0.05) is 47.2 Å². The van der Waals surface area contributed by atoms with Gasteiger partial charge in [-0.1, -0.05) is 36.4 Å². The van der Waals surface area contributed by atoms with E-state index in [1.807, 2.05) is 54.7 Å². The molecule has 0 fully saturated rings. The molecule has 4 rings (SSSR count). The molecule has 3 amide bonds. The quantitative estimate of drug-likeness (QED) is 0.0668. The summed E-state index contributed by atoms with van der Waals surface area (Å²) in [5.41, 5.74) is 26.3. The highest BCUT2D eigenvalue weighted by Crippen LogP contribution is 2.20. The first-order valence-electron chi connectivity index (χ1n) is 13.0. The molecule has 0 saturated heterocycles.